The molecule has 0 radical (unpaired) electrons. The summed E-state index contributed by atoms with van der Waals surface area (Å²) in [7, 11) is 1.62. The van der Waals surface area contributed by atoms with Gasteiger partial charge in [-0.3, -0.25) is 9.59 Å². The van der Waals surface area contributed by atoms with Gasteiger partial charge in [-0.1, -0.05) is 43.3 Å². The third-order valence-corrected chi connectivity index (χ3v) is 6.20. The highest BCUT2D eigenvalue weighted by molar-refractivity contribution is 6.02. The van der Waals surface area contributed by atoms with E-state index in [1.165, 1.54) is 0 Å². The van der Waals surface area contributed by atoms with Crippen molar-refractivity contribution in [2.24, 2.45) is 0 Å². The Bertz CT molecular complexity index is 1090. The number of nitrogens with one attached hydrogen (secondary N) is 2. The van der Waals surface area contributed by atoms with E-state index in [0.29, 0.717) is 18.7 Å². The highest BCUT2D eigenvalue weighted by Crippen LogP contribution is 2.44. The first-order valence-electron chi connectivity index (χ1n) is 10.8. The number of amides is 2. The van der Waals surface area contributed by atoms with Crippen molar-refractivity contribution in [1.29, 1.82) is 0 Å². The lowest BCUT2D eigenvalue weighted by atomic mass is 9.79. The van der Waals surface area contributed by atoms with Crippen molar-refractivity contribution in [3.63, 3.8) is 0 Å². The predicted molar refractivity (Wildman–Crippen MR) is 121 cm³/mol. The van der Waals surface area contributed by atoms with Gasteiger partial charge < -0.3 is 19.9 Å². The van der Waals surface area contributed by atoms with Crippen molar-refractivity contribution in [3.8, 4) is 0 Å². The Hall–Kier alpha value is -3.12. The molecule has 6 nitrogen and oxygen atoms in total. The first kappa shape index (κ1) is 21.1. The van der Waals surface area contributed by atoms with Crippen LogP contribution in [0.1, 0.15) is 53.7 Å². The van der Waals surface area contributed by atoms with Gasteiger partial charge in [-0.2, -0.15) is 0 Å². The van der Waals surface area contributed by atoms with Crippen molar-refractivity contribution in [2.45, 2.75) is 38.3 Å². The largest absolute Gasteiger partial charge is 0.383 e. The number of rotatable bonds is 7. The van der Waals surface area contributed by atoms with Crippen molar-refractivity contribution in [1.82, 2.24) is 15.2 Å². The number of ether oxygens (including phenoxy) is 1. The molecule has 0 spiro atoms. The summed E-state index contributed by atoms with van der Waals surface area (Å²) in [5, 5.41) is 4.17. The molecule has 1 aliphatic rings. The lowest BCUT2D eigenvalue weighted by Crippen LogP contribution is -2.49. The standard InChI is InChI=1S/C25H29N3O3/c1-4-16(2)27-24(29)22-18-10-5-6-11-19(18)25(30)28(13-14-31-3)23(22)20-15-26-21-12-8-7-9-17(20)21/h5-12,15-16,22-23,26H,4,13-14H2,1-3H3,(H,27,29). The van der Waals surface area contributed by atoms with Crippen molar-refractivity contribution < 1.29 is 14.3 Å². The van der Waals surface area contributed by atoms with Crippen molar-refractivity contribution in [2.75, 3.05) is 20.3 Å². The van der Waals surface area contributed by atoms with Gasteiger partial charge >= 0.3 is 0 Å². The van der Waals surface area contributed by atoms with E-state index in [-0.39, 0.29) is 17.9 Å². The molecule has 2 amide bonds. The Balaban J connectivity index is 1.90. The van der Waals surface area contributed by atoms with Crippen LogP contribution in [0, 0.1) is 0 Å². The maximum Gasteiger partial charge on any atom is 0.254 e. The molecule has 1 aliphatic heterocycles. The second-order valence-corrected chi connectivity index (χ2v) is 8.11. The fraction of sp³-hybridized carbons (Fsp3) is 0.360. The number of hydrogen-bond acceptors (Lipinski definition) is 3. The normalized spacial score (nSPS) is 19.3. The summed E-state index contributed by atoms with van der Waals surface area (Å²) in [6.45, 7) is 4.85. The Morgan fingerprint density at radius 2 is 1.90 bits per heavy atom. The molecule has 2 N–H and O–H groups in total. The minimum absolute atomic E-state index is 0.0494. The van der Waals surface area contributed by atoms with Gasteiger partial charge in [-0.25, -0.2) is 0 Å². The van der Waals surface area contributed by atoms with Crippen LogP contribution >= 0.6 is 0 Å². The number of benzene rings is 2. The van der Waals surface area contributed by atoms with Gasteiger partial charge in [-0.15, -0.1) is 0 Å². The monoisotopic (exact) mass is 419 g/mol. The number of hydrogen-bond donors (Lipinski definition) is 2. The van der Waals surface area contributed by atoms with Crippen LogP contribution in [0.25, 0.3) is 10.9 Å². The predicted octanol–water partition coefficient (Wildman–Crippen LogP) is 4.01. The molecule has 2 aromatic carbocycles. The number of nitrogens with zero attached hydrogens (tertiary/aromatic N) is 1. The zero-order valence-corrected chi connectivity index (χ0v) is 18.2. The summed E-state index contributed by atoms with van der Waals surface area (Å²) in [5.41, 5.74) is 3.28. The van der Waals surface area contributed by atoms with E-state index in [0.717, 1.165) is 28.5 Å². The summed E-state index contributed by atoms with van der Waals surface area (Å²) >= 11 is 0. The van der Waals surface area contributed by atoms with Crippen LogP contribution in [0.3, 0.4) is 0 Å². The van der Waals surface area contributed by atoms with Crippen LogP contribution in [0.4, 0.5) is 0 Å². The van der Waals surface area contributed by atoms with Crippen LogP contribution in [-0.2, 0) is 9.53 Å². The molecule has 0 aliphatic carbocycles. The molecule has 1 aromatic heterocycles. The summed E-state index contributed by atoms with van der Waals surface area (Å²) in [6.07, 6.45) is 2.77. The lowest BCUT2D eigenvalue weighted by molar-refractivity contribution is -0.124. The maximum absolute atomic E-state index is 13.6. The number of carbonyl (C=O) groups is 2. The first-order valence-corrected chi connectivity index (χ1v) is 10.8. The third kappa shape index (κ3) is 3.83. The summed E-state index contributed by atoms with van der Waals surface area (Å²) in [4.78, 5) is 32.3. The SMILES string of the molecule is CCC(C)NC(=O)C1c2ccccc2C(=O)N(CCOC)C1c1c[nH]c2ccccc12. The molecule has 31 heavy (non-hydrogen) atoms. The minimum Gasteiger partial charge on any atom is -0.383 e. The fourth-order valence-electron chi connectivity index (χ4n) is 4.43. The Morgan fingerprint density at radius 1 is 1.16 bits per heavy atom. The highest BCUT2D eigenvalue weighted by Gasteiger charge is 2.44. The molecular formula is C25H29N3O3. The van der Waals surface area contributed by atoms with Crippen molar-refractivity contribution >= 4 is 22.7 Å². The molecule has 0 saturated carbocycles. The van der Waals surface area contributed by atoms with Crippen LogP contribution in [0.2, 0.25) is 0 Å². The number of carbonyl (C=O) groups excluding carboxylic acids is 2. The second-order valence-electron chi connectivity index (χ2n) is 8.11. The van der Waals surface area contributed by atoms with E-state index in [4.69, 9.17) is 4.74 Å². The Kier molecular flexibility index (Phi) is 6.09. The molecule has 3 atom stereocenters. The molecular weight excluding hydrogens is 390 g/mol. The van der Waals surface area contributed by atoms with Gasteiger partial charge in [0.15, 0.2) is 0 Å². The van der Waals surface area contributed by atoms with E-state index in [9.17, 15) is 9.59 Å². The van der Waals surface area contributed by atoms with Crippen LogP contribution < -0.4 is 5.32 Å². The van der Waals surface area contributed by atoms with Crippen LogP contribution in [0.15, 0.2) is 54.7 Å². The van der Waals surface area contributed by atoms with Gasteiger partial charge in [0.05, 0.1) is 18.6 Å². The number of H-pyrrole nitrogens is 1. The molecule has 3 unspecified atom stereocenters. The van der Waals surface area contributed by atoms with Gasteiger partial charge in [0, 0.05) is 47.9 Å². The fourth-order valence-corrected chi connectivity index (χ4v) is 4.43. The molecule has 6 heteroatoms. The van der Waals surface area contributed by atoms with Crippen molar-refractivity contribution in [3.05, 3.63) is 71.4 Å². The average molecular weight is 420 g/mol. The molecule has 0 fully saturated rings. The summed E-state index contributed by atoms with van der Waals surface area (Å²) < 4.78 is 5.31. The zero-order valence-electron chi connectivity index (χ0n) is 18.2. The second kappa shape index (κ2) is 8.94. The van der Waals surface area contributed by atoms with Crippen LogP contribution in [0.5, 0.6) is 0 Å². The molecule has 162 valence electrons. The summed E-state index contributed by atoms with van der Waals surface area (Å²) in [5.74, 6) is -0.651. The van der Waals surface area contributed by atoms with Crippen LogP contribution in [-0.4, -0.2) is 48.0 Å². The molecule has 0 bridgehead atoms. The first-order chi connectivity index (χ1) is 15.1. The Labute approximate surface area is 182 Å². The van der Waals surface area contributed by atoms with Gasteiger partial charge in [0.25, 0.3) is 5.91 Å². The topological polar surface area (TPSA) is 74.4 Å². The van der Waals surface area contributed by atoms with E-state index in [1.54, 1.807) is 12.0 Å². The van der Waals surface area contributed by atoms with Gasteiger partial charge in [0.1, 0.15) is 0 Å². The smallest absolute Gasteiger partial charge is 0.254 e. The molecule has 4 rings (SSSR count). The highest BCUT2D eigenvalue weighted by atomic mass is 16.5. The van der Waals surface area contributed by atoms with E-state index in [1.807, 2.05) is 68.6 Å². The quantitative estimate of drug-likeness (QED) is 0.608. The van der Waals surface area contributed by atoms with Gasteiger partial charge in [-0.05, 0) is 31.0 Å². The lowest BCUT2D eigenvalue weighted by Gasteiger charge is -2.41. The number of aromatic nitrogens is 1. The van der Waals surface area contributed by atoms with Gasteiger partial charge in [0.2, 0.25) is 5.91 Å². The number of methoxy groups -OCH3 is 1. The number of aromatic amines is 1. The maximum atomic E-state index is 13.6. The zero-order chi connectivity index (χ0) is 22.0. The van der Waals surface area contributed by atoms with E-state index in [2.05, 4.69) is 10.3 Å². The molecule has 2 heterocycles. The third-order valence-electron chi connectivity index (χ3n) is 6.20. The molecule has 0 saturated heterocycles. The minimum atomic E-state index is -0.515. The molecule has 3 aromatic rings. The Morgan fingerprint density at radius 3 is 2.68 bits per heavy atom. The average Bonchev–Trinajstić information content (AvgIpc) is 3.22. The van der Waals surface area contributed by atoms with E-state index >= 15 is 0 Å². The van der Waals surface area contributed by atoms with E-state index < -0.39 is 12.0 Å². The summed E-state index contributed by atoms with van der Waals surface area (Å²) in [6, 6.07) is 15.1. The number of para-hydroxylation sites is 1. The number of fused-ring (bicyclic) bond motifs is 2.